The number of anilines is 1. The minimum absolute atomic E-state index is 0.174. The molecule has 0 radical (unpaired) electrons. The van der Waals surface area contributed by atoms with Gasteiger partial charge in [-0.05, 0) is 17.2 Å². The lowest BCUT2D eigenvalue weighted by atomic mass is 10.2. The second kappa shape index (κ2) is 6.29. The van der Waals surface area contributed by atoms with Gasteiger partial charge in [-0.3, -0.25) is 0 Å². The predicted molar refractivity (Wildman–Crippen MR) is 95.0 cm³/mol. The van der Waals surface area contributed by atoms with E-state index in [-0.39, 0.29) is 5.28 Å². The van der Waals surface area contributed by atoms with Crippen molar-refractivity contribution in [2.75, 3.05) is 5.32 Å². The van der Waals surface area contributed by atoms with Gasteiger partial charge in [-0.1, -0.05) is 60.7 Å². The van der Waals surface area contributed by atoms with Crippen molar-refractivity contribution in [2.45, 2.75) is 6.54 Å². The molecule has 0 fully saturated rings. The number of fused-ring (bicyclic) bond motifs is 1. The molecule has 24 heavy (non-hydrogen) atoms. The average molecular weight is 336 g/mol. The third kappa shape index (κ3) is 2.81. The first-order valence-electron chi connectivity index (χ1n) is 7.56. The fourth-order valence-corrected chi connectivity index (χ4v) is 2.72. The summed E-state index contributed by atoms with van der Waals surface area (Å²) in [5.41, 5.74) is 3.70. The summed E-state index contributed by atoms with van der Waals surface area (Å²) in [5, 5.41) is 7.76. The summed E-state index contributed by atoms with van der Waals surface area (Å²) >= 11 is 6.11. The first-order chi connectivity index (χ1) is 11.8. The first kappa shape index (κ1) is 14.7. The van der Waals surface area contributed by atoms with Crippen LogP contribution in [0, 0.1) is 0 Å². The Bertz CT molecular complexity index is 967. The number of hydrogen-bond donors (Lipinski definition) is 1. The van der Waals surface area contributed by atoms with Crippen LogP contribution in [0.5, 0.6) is 0 Å². The summed E-state index contributed by atoms with van der Waals surface area (Å²) < 4.78 is 1.72. The minimum Gasteiger partial charge on any atom is -0.363 e. The van der Waals surface area contributed by atoms with Gasteiger partial charge in [-0.2, -0.15) is 4.98 Å². The minimum atomic E-state index is 0.174. The van der Waals surface area contributed by atoms with Gasteiger partial charge in [0.2, 0.25) is 5.28 Å². The smallest absolute Gasteiger partial charge is 0.243 e. The van der Waals surface area contributed by atoms with Gasteiger partial charge >= 0.3 is 0 Å². The normalized spacial score (nSPS) is 10.9. The highest BCUT2D eigenvalue weighted by Gasteiger charge is 2.13. The molecule has 2 heterocycles. The van der Waals surface area contributed by atoms with Gasteiger partial charge < -0.3 is 5.32 Å². The summed E-state index contributed by atoms with van der Waals surface area (Å²) in [6.07, 6.45) is 1.78. The zero-order valence-corrected chi connectivity index (χ0v) is 13.5. The Kier molecular flexibility index (Phi) is 3.84. The molecular formula is C18H14ClN5. The molecule has 0 spiro atoms. The molecule has 0 atom stereocenters. The van der Waals surface area contributed by atoms with Crippen molar-refractivity contribution in [1.82, 2.24) is 19.6 Å². The zero-order chi connectivity index (χ0) is 16.4. The standard InChI is InChI=1S/C18H14ClN5/c19-18-22-16(20-11-13-7-3-1-4-8-13)17-21-12-15(24(17)23-18)14-9-5-2-6-10-14/h1-10,12H,11H2,(H,20,22,23). The van der Waals surface area contributed by atoms with Crippen LogP contribution in [0.3, 0.4) is 0 Å². The maximum absolute atomic E-state index is 6.11. The van der Waals surface area contributed by atoms with Crippen LogP contribution in [0.15, 0.2) is 66.9 Å². The van der Waals surface area contributed by atoms with Crippen LogP contribution in [0.2, 0.25) is 5.28 Å². The molecule has 118 valence electrons. The van der Waals surface area contributed by atoms with Crippen molar-refractivity contribution >= 4 is 23.1 Å². The molecule has 0 saturated carbocycles. The highest BCUT2D eigenvalue weighted by molar-refractivity contribution is 6.28. The van der Waals surface area contributed by atoms with Gasteiger partial charge in [0.15, 0.2) is 11.5 Å². The van der Waals surface area contributed by atoms with E-state index in [0.29, 0.717) is 18.0 Å². The molecule has 6 heteroatoms. The van der Waals surface area contributed by atoms with Gasteiger partial charge in [0.05, 0.1) is 11.9 Å². The van der Waals surface area contributed by atoms with E-state index in [2.05, 4.69) is 20.4 Å². The molecule has 0 aliphatic rings. The van der Waals surface area contributed by atoms with Crippen LogP contribution in [0.25, 0.3) is 16.9 Å². The number of halogens is 1. The Morgan fingerprint density at radius 3 is 2.42 bits per heavy atom. The largest absolute Gasteiger partial charge is 0.363 e. The molecule has 0 unspecified atom stereocenters. The molecule has 2 aromatic carbocycles. The van der Waals surface area contributed by atoms with E-state index in [1.165, 1.54) is 0 Å². The summed E-state index contributed by atoms with van der Waals surface area (Å²) in [5.74, 6) is 0.612. The van der Waals surface area contributed by atoms with Gasteiger partial charge in [-0.25, -0.2) is 9.50 Å². The van der Waals surface area contributed by atoms with E-state index in [1.807, 2.05) is 60.7 Å². The molecule has 2 aromatic heterocycles. The molecule has 0 amide bonds. The molecule has 0 bridgehead atoms. The van der Waals surface area contributed by atoms with Crippen molar-refractivity contribution in [3.8, 4) is 11.3 Å². The summed E-state index contributed by atoms with van der Waals surface area (Å²) in [6, 6.07) is 20.0. The topological polar surface area (TPSA) is 55.1 Å². The SMILES string of the molecule is Clc1nc(NCc2ccccc2)c2ncc(-c3ccccc3)n2n1. The zero-order valence-electron chi connectivity index (χ0n) is 12.7. The van der Waals surface area contributed by atoms with Crippen LogP contribution in [-0.4, -0.2) is 19.6 Å². The molecular weight excluding hydrogens is 322 g/mol. The van der Waals surface area contributed by atoms with E-state index in [9.17, 15) is 0 Å². The number of nitrogens with one attached hydrogen (secondary N) is 1. The van der Waals surface area contributed by atoms with Crippen LogP contribution >= 0.6 is 11.6 Å². The van der Waals surface area contributed by atoms with Crippen LogP contribution < -0.4 is 5.32 Å². The van der Waals surface area contributed by atoms with Crippen molar-refractivity contribution < 1.29 is 0 Å². The van der Waals surface area contributed by atoms with Crippen molar-refractivity contribution in [3.63, 3.8) is 0 Å². The molecule has 0 saturated heterocycles. The second-order valence-corrected chi connectivity index (χ2v) is 5.65. The average Bonchev–Trinajstić information content (AvgIpc) is 3.05. The Morgan fingerprint density at radius 2 is 1.67 bits per heavy atom. The van der Waals surface area contributed by atoms with E-state index < -0.39 is 0 Å². The molecule has 4 aromatic rings. The highest BCUT2D eigenvalue weighted by atomic mass is 35.5. The Morgan fingerprint density at radius 1 is 0.958 bits per heavy atom. The predicted octanol–water partition coefficient (Wildman–Crippen LogP) is 4.06. The Balaban J connectivity index is 1.73. The van der Waals surface area contributed by atoms with E-state index in [1.54, 1.807) is 10.7 Å². The highest BCUT2D eigenvalue weighted by Crippen LogP contribution is 2.23. The molecule has 0 aliphatic carbocycles. The van der Waals surface area contributed by atoms with E-state index >= 15 is 0 Å². The lowest BCUT2D eigenvalue weighted by Gasteiger charge is -2.08. The van der Waals surface area contributed by atoms with Crippen LogP contribution in [0.1, 0.15) is 5.56 Å². The maximum atomic E-state index is 6.11. The first-order valence-corrected chi connectivity index (χ1v) is 7.93. The Hall–Kier alpha value is -2.92. The number of benzene rings is 2. The van der Waals surface area contributed by atoms with Crippen molar-refractivity contribution in [3.05, 3.63) is 77.7 Å². The number of imidazole rings is 1. The van der Waals surface area contributed by atoms with Crippen molar-refractivity contribution in [1.29, 1.82) is 0 Å². The third-order valence-corrected chi connectivity index (χ3v) is 3.87. The lowest BCUT2D eigenvalue weighted by Crippen LogP contribution is -2.06. The van der Waals surface area contributed by atoms with Gasteiger partial charge in [0.1, 0.15) is 0 Å². The quantitative estimate of drug-likeness (QED) is 0.611. The summed E-state index contributed by atoms with van der Waals surface area (Å²) in [6.45, 7) is 0.636. The van der Waals surface area contributed by atoms with Crippen molar-refractivity contribution in [2.24, 2.45) is 0 Å². The number of aromatic nitrogens is 4. The third-order valence-electron chi connectivity index (χ3n) is 3.71. The molecule has 0 aliphatic heterocycles. The fraction of sp³-hybridized carbons (Fsp3) is 0.0556. The fourth-order valence-electron chi connectivity index (χ4n) is 2.56. The van der Waals surface area contributed by atoms with Gasteiger partial charge in [0, 0.05) is 12.1 Å². The van der Waals surface area contributed by atoms with E-state index in [0.717, 1.165) is 16.8 Å². The van der Waals surface area contributed by atoms with Crippen LogP contribution in [-0.2, 0) is 6.54 Å². The summed E-state index contributed by atoms with van der Waals surface area (Å²) in [7, 11) is 0. The Labute approximate surface area is 144 Å². The van der Waals surface area contributed by atoms with Gasteiger partial charge in [-0.15, -0.1) is 5.10 Å². The number of rotatable bonds is 4. The summed E-state index contributed by atoms with van der Waals surface area (Å²) in [4.78, 5) is 8.75. The maximum Gasteiger partial charge on any atom is 0.243 e. The molecule has 4 rings (SSSR count). The second-order valence-electron chi connectivity index (χ2n) is 5.31. The monoisotopic (exact) mass is 335 g/mol. The van der Waals surface area contributed by atoms with Crippen LogP contribution in [0.4, 0.5) is 5.82 Å². The lowest BCUT2D eigenvalue weighted by molar-refractivity contribution is 0.900. The molecule has 1 N–H and O–H groups in total. The molecule has 5 nitrogen and oxygen atoms in total. The number of hydrogen-bond acceptors (Lipinski definition) is 4. The van der Waals surface area contributed by atoms with E-state index in [4.69, 9.17) is 11.6 Å². The van der Waals surface area contributed by atoms with Gasteiger partial charge in [0.25, 0.3) is 0 Å². The number of nitrogens with zero attached hydrogens (tertiary/aromatic N) is 4.